The molecule has 2 heterocycles. The van der Waals surface area contributed by atoms with Gasteiger partial charge in [0.25, 0.3) is 0 Å². The molecule has 0 spiro atoms. The Morgan fingerprint density at radius 2 is 2.32 bits per heavy atom. The molecule has 0 aliphatic carbocycles. The summed E-state index contributed by atoms with van der Waals surface area (Å²) in [6, 6.07) is 0.358. The first-order chi connectivity index (χ1) is 9.17. The Balaban J connectivity index is 2.11. The second-order valence-corrected chi connectivity index (χ2v) is 5.98. The van der Waals surface area contributed by atoms with E-state index in [9.17, 15) is 0 Å². The molecule has 1 N–H and O–H groups in total. The lowest BCUT2D eigenvalue weighted by Gasteiger charge is -2.30. The molecule has 0 amide bonds. The van der Waals surface area contributed by atoms with Crippen molar-refractivity contribution in [3.05, 3.63) is 15.9 Å². The summed E-state index contributed by atoms with van der Waals surface area (Å²) >= 11 is 3.69. The topological polar surface area (TPSA) is 39.1 Å². The zero-order valence-corrected chi connectivity index (χ0v) is 13.7. The maximum Gasteiger partial charge on any atom is 0.0766 e. The number of hydrogen-bond acceptors (Lipinski definition) is 3. The average molecular weight is 330 g/mol. The van der Waals surface area contributed by atoms with Gasteiger partial charge in [0.2, 0.25) is 0 Å². The summed E-state index contributed by atoms with van der Waals surface area (Å²) in [5, 5.41) is 7.98. The van der Waals surface area contributed by atoms with Crippen molar-refractivity contribution in [2.24, 2.45) is 7.05 Å². The predicted octanol–water partition coefficient (Wildman–Crippen LogP) is 2.44. The van der Waals surface area contributed by atoms with Crippen LogP contribution in [0.4, 0.5) is 0 Å². The fraction of sp³-hybridized carbons (Fsp3) is 0.786. The van der Waals surface area contributed by atoms with Crippen molar-refractivity contribution in [1.82, 2.24) is 15.1 Å². The van der Waals surface area contributed by atoms with Gasteiger partial charge in [-0.05, 0) is 48.7 Å². The number of halogens is 1. The second-order valence-electron chi connectivity index (χ2n) is 5.19. The van der Waals surface area contributed by atoms with Crippen LogP contribution < -0.4 is 5.32 Å². The molecule has 1 aromatic heterocycles. The molecule has 19 heavy (non-hydrogen) atoms. The molecule has 1 fully saturated rings. The highest BCUT2D eigenvalue weighted by molar-refractivity contribution is 9.10. The molecule has 108 valence electrons. The molecule has 0 bridgehead atoms. The van der Waals surface area contributed by atoms with Crippen molar-refractivity contribution in [1.29, 1.82) is 0 Å². The summed E-state index contributed by atoms with van der Waals surface area (Å²) in [4.78, 5) is 0. The number of ether oxygens (including phenoxy) is 1. The third-order valence-electron chi connectivity index (χ3n) is 3.95. The van der Waals surface area contributed by atoms with E-state index in [1.54, 1.807) is 0 Å². The number of aromatic nitrogens is 2. The van der Waals surface area contributed by atoms with Crippen LogP contribution in [0.15, 0.2) is 4.47 Å². The summed E-state index contributed by atoms with van der Waals surface area (Å²) in [5.74, 6) is 0. The Morgan fingerprint density at radius 3 is 2.84 bits per heavy atom. The Labute approximate surface area is 124 Å². The molecule has 0 aromatic carbocycles. The van der Waals surface area contributed by atoms with E-state index < -0.39 is 0 Å². The van der Waals surface area contributed by atoms with Crippen LogP contribution in [0.2, 0.25) is 0 Å². The van der Waals surface area contributed by atoms with E-state index in [2.05, 4.69) is 33.3 Å². The van der Waals surface area contributed by atoms with Crippen LogP contribution in [0.5, 0.6) is 0 Å². The lowest BCUT2D eigenvalue weighted by atomic mass is 9.98. The van der Waals surface area contributed by atoms with Gasteiger partial charge in [-0.2, -0.15) is 5.10 Å². The number of hydrogen-bond donors (Lipinski definition) is 1. The molecule has 1 aliphatic heterocycles. The first kappa shape index (κ1) is 15.0. The minimum atomic E-state index is 0.325. The number of rotatable bonds is 5. The Kier molecular flexibility index (Phi) is 5.42. The minimum absolute atomic E-state index is 0.325. The van der Waals surface area contributed by atoms with Gasteiger partial charge in [0.15, 0.2) is 0 Å². The van der Waals surface area contributed by atoms with E-state index in [0.717, 1.165) is 36.0 Å². The van der Waals surface area contributed by atoms with Gasteiger partial charge < -0.3 is 10.1 Å². The predicted molar refractivity (Wildman–Crippen MR) is 80.4 cm³/mol. The van der Waals surface area contributed by atoms with Crippen molar-refractivity contribution in [3.63, 3.8) is 0 Å². The zero-order valence-electron chi connectivity index (χ0n) is 12.1. The van der Waals surface area contributed by atoms with Crippen molar-refractivity contribution in [2.45, 2.75) is 51.2 Å². The number of nitrogens with zero attached hydrogens (tertiary/aromatic N) is 2. The van der Waals surface area contributed by atoms with Gasteiger partial charge in [-0.1, -0.05) is 6.92 Å². The molecule has 5 heteroatoms. The fourth-order valence-corrected chi connectivity index (χ4v) is 3.53. The van der Waals surface area contributed by atoms with Crippen LogP contribution in [0.1, 0.15) is 37.6 Å². The SMILES string of the molecule is CCc1nn(C)c(CC(NC)C2CCCCO2)c1Br. The first-order valence-electron chi connectivity index (χ1n) is 7.16. The van der Waals surface area contributed by atoms with Gasteiger partial charge in [-0.25, -0.2) is 0 Å². The van der Waals surface area contributed by atoms with Crippen LogP contribution in [-0.2, 0) is 24.6 Å². The molecule has 2 atom stereocenters. The number of nitrogens with one attached hydrogen (secondary N) is 1. The third-order valence-corrected chi connectivity index (χ3v) is 4.87. The number of aryl methyl sites for hydroxylation is 2. The normalized spacial score (nSPS) is 21.6. The molecule has 4 nitrogen and oxygen atoms in total. The van der Waals surface area contributed by atoms with E-state index in [1.165, 1.54) is 18.5 Å². The van der Waals surface area contributed by atoms with E-state index in [-0.39, 0.29) is 0 Å². The van der Waals surface area contributed by atoms with E-state index >= 15 is 0 Å². The summed E-state index contributed by atoms with van der Waals surface area (Å²) in [6.45, 7) is 3.03. The maximum absolute atomic E-state index is 5.91. The molecule has 1 aromatic rings. The highest BCUT2D eigenvalue weighted by Crippen LogP contribution is 2.25. The molecule has 1 saturated heterocycles. The molecule has 1 aliphatic rings. The lowest BCUT2D eigenvalue weighted by Crippen LogP contribution is -2.43. The van der Waals surface area contributed by atoms with Gasteiger partial charge in [0.05, 0.1) is 22.0 Å². The molecule has 2 unspecified atom stereocenters. The molecular formula is C14H24BrN3O. The van der Waals surface area contributed by atoms with Gasteiger partial charge in [-0.3, -0.25) is 4.68 Å². The van der Waals surface area contributed by atoms with Crippen molar-refractivity contribution < 1.29 is 4.74 Å². The first-order valence-corrected chi connectivity index (χ1v) is 7.95. The lowest BCUT2D eigenvalue weighted by molar-refractivity contribution is -0.00623. The number of likely N-dealkylation sites (N-methyl/N-ethyl adjacent to an activating group) is 1. The summed E-state index contributed by atoms with van der Waals surface area (Å²) in [7, 11) is 4.04. The fourth-order valence-electron chi connectivity index (χ4n) is 2.75. The smallest absolute Gasteiger partial charge is 0.0766 e. The monoisotopic (exact) mass is 329 g/mol. The van der Waals surface area contributed by atoms with Crippen molar-refractivity contribution >= 4 is 15.9 Å². The van der Waals surface area contributed by atoms with Gasteiger partial charge in [0, 0.05) is 26.1 Å². The van der Waals surface area contributed by atoms with Gasteiger partial charge in [-0.15, -0.1) is 0 Å². The Hall–Kier alpha value is -0.390. The minimum Gasteiger partial charge on any atom is -0.377 e. The van der Waals surface area contributed by atoms with Crippen LogP contribution in [0.25, 0.3) is 0 Å². The van der Waals surface area contributed by atoms with E-state index in [4.69, 9.17) is 4.74 Å². The largest absolute Gasteiger partial charge is 0.377 e. The maximum atomic E-state index is 5.91. The van der Waals surface area contributed by atoms with Crippen LogP contribution in [-0.4, -0.2) is 35.6 Å². The average Bonchev–Trinajstić information content (AvgIpc) is 2.72. The van der Waals surface area contributed by atoms with Crippen molar-refractivity contribution in [3.8, 4) is 0 Å². The quantitative estimate of drug-likeness (QED) is 0.901. The molecule has 0 saturated carbocycles. The Morgan fingerprint density at radius 1 is 1.53 bits per heavy atom. The van der Waals surface area contributed by atoms with Crippen molar-refractivity contribution in [2.75, 3.05) is 13.7 Å². The summed E-state index contributed by atoms with van der Waals surface area (Å²) in [6.07, 6.45) is 5.86. The Bertz CT molecular complexity index is 413. The van der Waals surface area contributed by atoms with Gasteiger partial charge in [0.1, 0.15) is 0 Å². The van der Waals surface area contributed by atoms with Gasteiger partial charge >= 0.3 is 0 Å². The molecular weight excluding hydrogens is 306 g/mol. The molecule has 0 radical (unpaired) electrons. The highest BCUT2D eigenvalue weighted by Gasteiger charge is 2.26. The van der Waals surface area contributed by atoms with E-state index in [0.29, 0.717) is 12.1 Å². The molecule has 2 rings (SSSR count). The summed E-state index contributed by atoms with van der Waals surface area (Å²) < 4.78 is 9.07. The summed E-state index contributed by atoms with van der Waals surface area (Å²) in [5.41, 5.74) is 2.39. The second kappa shape index (κ2) is 6.86. The third kappa shape index (κ3) is 3.38. The van der Waals surface area contributed by atoms with Crippen LogP contribution in [0, 0.1) is 0 Å². The van der Waals surface area contributed by atoms with Crippen LogP contribution in [0.3, 0.4) is 0 Å². The zero-order chi connectivity index (χ0) is 13.8. The highest BCUT2D eigenvalue weighted by atomic mass is 79.9. The van der Waals surface area contributed by atoms with Crippen LogP contribution >= 0.6 is 15.9 Å². The standard InChI is InChI=1S/C14H24BrN3O/c1-4-10-14(15)12(18(3)17-10)9-11(16-2)13-7-5-6-8-19-13/h11,13,16H,4-9H2,1-3H3. The van der Waals surface area contributed by atoms with E-state index in [1.807, 2.05) is 18.8 Å².